The van der Waals surface area contributed by atoms with Crippen molar-refractivity contribution in [3.05, 3.63) is 110 Å². The number of piperidine rings is 1. The van der Waals surface area contributed by atoms with Gasteiger partial charge in [-0.05, 0) is 42.5 Å². The molecule has 0 spiro atoms. The highest BCUT2D eigenvalue weighted by Gasteiger charge is 2.28. The monoisotopic (exact) mass is 878 g/mol. The van der Waals surface area contributed by atoms with Crippen molar-refractivity contribution < 1.29 is 0 Å². The van der Waals surface area contributed by atoms with Gasteiger partial charge in [-0.25, -0.2) is 9.59 Å². The molecule has 2 saturated heterocycles. The van der Waals surface area contributed by atoms with Gasteiger partial charge in [0, 0.05) is 75.4 Å². The Bertz CT molecular complexity index is 2670. The van der Waals surface area contributed by atoms with Crippen LogP contribution in [0.4, 0.5) is 11.9 Å². The van der Waals surface area contributed by atoms with E-state index < -0.39 is 0 Å². The maximum atomic E-state index is 13.0. The maximum absolute atomic E-state index is 13.0. The molecular weight excluding hydrogens is 836 g/mol. The van der Waals surface area contributed by atoms with Crippen molar-refractivity contribution in [1.29, 1.82) is 0 Å². The van der Waals surface area contributed by atoms with E-state index in [1.165, 1.54) is 23.2 Å². The molecule has 6 aromatic rings. The number of aromatic nitrogens is 8. The van der Waals surface area contributed by atoms with Crippen molar-refractivity contribution in [1.82, 2.24) is 37.4 Å². The van der Waals surface area contributed by atoms with Gasteiger partial charge in [0.15, 0.2) is 22.3 Å². The van der Waals surface area contributed by atoms with Crippen molar-refractivity contribution in [2.24, 2.45) is 39.7 Å². The van der Waals surface area contributed by atoms with Crippen LogP contribution in [0.15, 0.2) is 76.7 Å². The lowest BCUT2D eigenvalue weighted by Crippen LogP contribution is -2.44. The predicted octanol–water partition coefficient (Wildman–Crippen LogP) is 1.95. The summed E-state index contributed by atoms with van der Waals surface area (Å²) in [5, 5.41) is 0. The van der Waals surface area contributed by atoms with E-state index in [4.69, 9.17) is 16.5 Å². The number of halogens is 2. The number of nitrogens with two attached hydrogens (primary N) is 2. The first kappa shape index (κ1) is 38.5. The van der Waals surface area contributed by atoms with Crippen LogP contribution in [-0.2, 0) is 41.3 Å². The fraction of sp³-hybridized carbons (Fsp3) is 0.405. The molecule has 4 N–H and O–H groups in total. The Hall–Kier alpha value is -4.78. The molecule has 2 aliphatic heterocycles. The van der Waals surface area contributed by atoms with Crippen LogP contribution in [-0.4, -0.2) is 75.6 Å². The number of hydrogen-bond acceptors (Lipinski definition) is 10. The second-order valence-corrected chi connectivity index (χ2v) is 16.0. The zero-order valence-electron chi connectivity index (χ0n) is 31.2. The van der Waals surface area contributed by atoms with Gasteiger partial charge in [0.1, 0.15) is 0 Å². The SMILES string of the molecule is Cn1c(=O)c2c(nc(N3CCCC(N)C3)n2Cc2ccccc2Br)n(C)c1=O.Cn1c(=O)c2c(nc(N3CC[C@@H](N)C3)n2Cc2ccccc2Br)n(C)c1=O. The molecule has 290 valence electrons. The highest BCUT2D eigenvalue weighted by atomic mass is 79.9. The van der Waals surface area contributed by atoms with E-state index in [-0.39, 0.29) is 34.6 Å². The normalized spacial score (nSPS) is 17.3. The van der Waals surface area contributed by atoms with Crippen molar-refractivity contribution in [2.75, 3.05) is 36.0 Å². The lowest BCUT2D eigenvalue weighted by Gasteiger charge is -2.32. The first-order valence-electron chi connectivity index (χ1n) is 18.1. The average molecular weight is 881 g/mol. The highest BCUT2D eigenvalue weighted by Crippen LogP contribution is 2.28. The van der Waals surface area contributed by atoms with Crippen molar-refractivity contribution >= 4 is 66.1 Å². The summed E-state index contributed by atoms with van der Waals surface area (Å²) in [5.74, 6) is 1.35. The van der Waals surface area contributed by atoms with Gasteiger partial charge in [-0.15, -0.1) is 0 Å². The van der Waals surface area contributed by atoms with Crippen LogP contribution >= 0.6 is 31.9 Å². The molecule has 0 radical (unpaired) electrons. The number of imidazole rings is 2. The molecule has 2 atom stereocenters. The zero-order valence-corrected chi connectivity index (χ0v) is 34.3. The average Bonchev–Trinajstić information content (AvgIpc) is 3.89. The molecule has 0 bridgehead atoms. The van der Waals surface area contributed by atoms with E-state index in [1.54, 1.807) is 14.1 Å². The second kappa shape index (κ2) is 15.4. The number of fused-ring (bicyclic) bond motifs is 2. The summed E-state index contributed by atoms with van der Waals surface area (Å²) >= 11 is 7.17. The van der Waals surface area contributed by atoms with Gasteiger partial charge in [-0.1, -0.05) is 68.3 Å². The second-order valence-electron chi connectivity index (χ2n) is 14.3. The van der Waals surface area contributed by atoms with Crippen LogP contribution in [0.25, 0.3) is 22.3 Å². The minimum absolute atomic E-state index is 0.0668. The van der Waals surface area contributed by atoms with E-state index in [0.29, 0.717) is 60.4 Å². The van der Waals surface area contributed by atoms with Gasteiger partial charge in [0.25, 0.3) is 11.1 Å². The quantitative estimate of drug-likeness (QED) is 0.251. The maximum Gasteiger partial charge on any atom is 0.332 e. The van der Waals surface area contributed by atoms with Gasteiger partial charge >= 0.3 is 11.4 Å². The standard InChI is InChI=1S/C19H23BrN6O2.C18H21BrN6O2/c1-23-16-15(17(27)24(2)19(23)28)26(10-12-6-3-4-8-14(12)20)18(22-16)25-9-5-7-13(21)11-25;1-22-15-14(16(26)23(2)18(22)27)25(9-11-5-3-4-6-13(11)19)17(21-15)24-8-7-12(20)10-24/h3-4,6,8,13H,5,7,9-11,21H2,1-2H3;3-6,12H,7-10,20H2,1-2H3/t;12-/m.1/s1. The number of rotatable bonds is 6. The van der Waals surface area contributed by atoms with Crippen LogP contribution in [0.1, 0.15) is 30.4 Å². The lowest BCUT2D eigenvalue weighted by molar-refractivity contribution is 0.495. The van der Waals surface area contributed by atoms with Gasteiger partial charge in [0.05, 0.1) is 13.1 Å². The molecule has 6 heterocycles. The molecule has 18 heteroatoms. The van der Waals surface area contributed by atoms with Crippen LogP contribution < -0.4 is 43.8 Å². The molecule has 0 aliphatic carbocycles. The molecule has 8 rings (SSSR count). The Morgan fingerprint density at radius 2 is 1.04 bits per heavy atom. The largest absolute Gasteiger partial charge is 0.341 e. The van der Waals surface area contributed by atoms with E-state index in [9.17, 15) is 19.2 Å². The predicted molar refractivity (Wildman–Crippen MR) is 221 cm³/mol. The summed E-state index contributed by atoms with van der Waals surface area (Å²) in [4.78, 5) is 64.3. The summed E-state index contributed by atoms with van der Waals surface area (Å²) in [5.41, 5.74) is 14.5. The molecule has 2 fully saturated rings. The Balaban J connectivity index is 0.000000169. The minimum atomic E-state index is -0.386. The van der Waals surface area contributed by atoms with Crippen molar-refractivity contribution in [3.63, 3.8) is 0 Å². The van der Waals surface area contributed by atoms with Crippen molar-refractivity contribution in [3.8, 4) is 0 Å². The smallest absolute Gasteiger partial charge is 0.332 e. The van der Waals surface area contributed by atoms with Crippen LogP contribution in [0.2, 0.25) is 0 Å². The van der Waals surface area contributed by atoms with E-state index in [2.05, 4.69) is 46.6 Å². The summed E-state index contributed by atoms with van der Waals surface area (Å²) in [6, 6.07) is 15.9. The van der Waals surface area contributed by atoms with Gasteiger partial charge in [-0.3, -0.25) is 37.0 Å². The number of hydrogen-bond donors (Lipinski definition) is 2. The molecule has 4 aromatic heterocycles. The topological polar surface area (TPSA) is 182 Å². The summed E-state index contributed by atoms with van der Waals surface area (Å²) < 4.78 is 10.8. The minimum Gasteiger partial charge on any atom is -0.341 e. The Labute approximate surface area is 332 Å². The van der Waals surface area contributed by atoms with Crippen LogP contribution in [0, 0.1) is 0 Å². The fourth-order valence-electron chi connectivity index (χ4n) is 7.41. The first-order chi connectivity index (χ1) is 26.3. The van der Waals surface area contributed by atoms with Crippen LogP contribution in [0.3, 0.4) is 0 Å². The third kappa shape index (κ3) is 7.11. The fourth-order valence-corrected chi connectivity index (χ4v) is 8.23. The number of nitrogens with zero attached hydrogens (tertiary/aromatic N) is 10. The molecule has 1 unspecified atom stereocenters. The number of benzene rings is 2. The van der Waals surface area contributed by atoms with Gasteiger partial charge in [-0.2, -0.15) is 9.97 Å². The summed E-state index contributed by atoms with van der Waals surface area (Å²) in [6.45, 7) is 3.87. The van der Waals surface area contributed by atoms with E-state index in [1.807, 2.05) is 57.7 Å². The molecular formula is C37H44Br2N12O4. The summed E-state index contributed by atoms with van der Waals surface area (Å²) in [6.07, 6.45) is 2.81. The zero-order chi connectivity index (χ0) is 39.3. The third-order valence-electron chi connectivity index (χ3n) is 10.5. The highest BCUT2D eigenvalue weighted by molar-refractivity contribution is 9.10. The molecule has 16 nitrogen and oxygen atoms in total. The first-order valence-corrected chi connectivity index (χ1v) is 19.7. The molecule has 2 aliphatic rings. The van der Waals surface area contributed by atoms with Gasteiger partial charge < -0.3 is 21.3 Å². The third-order valence-corrected chi connectivity index (χ3v) is 12.0. The van der Waals surface area contributed by atoms with Gasteiger partial charge in [0.2, 0.25) is 11.9 Å². The number of anilines is 2. The van der Waals surface area contributed by atoms with E-state index in [0.717, 1.165) is 61.6 Å². The Morgan fingerprint density at radius 3 is 1.44 bits per heavy atom. The Morgan fingerprint density at radius 1 is 0.618 bits per heavy atom. The lowest BCUT2D eigenvalue weighted by atomic mass is 10.1. The molecule has 0 amide bonds. The molecule has 55 heavy (non-hydrogen) atoms. The summed E-state index contributed by atoms with van der Waals surface area (Å²) in [7, 11) is 6.27. The van der Waals surface area contributed by atoms with E-state index >= 15 is 0 Å². The molecule has 2 aromatic carbocycles. The van der Waals surface area contributed by atoms with Crippen molar-refractivity contribution in [2.45, 2.75) is 44.4 Å². The van der Waals surface area contributed by atoms with Crippen LogP contribution in [0.5, 0.6) is 0 Å². The Kier molecular flexibility index (Phi) is 10.8. The molecule has 0 saturated carbocycles. The number of aryl methyl sites for hydroxylation is 2.